The summed E-state index contributed by atoms with van der Waals surface area (Å²) in [5.41, 5.74) is 1.82. The van der Waals surface area contributed by atoms with Gasteiger partial charge in [0.15, 0.2) is 0 Å². The minimum absolute atomic E-state index is 0.0342. The Kier molecular flexibility index (Phi) is 5.88. The van der Waals surface area contributed by atoms with Crippen LogP contribution in [0.15, 0.2) is 16.9 Å². The van der Waals surface area contributed by atoms with E-state index in [1.807, 2.05) is 18.0 Å². The van der Waals surface area contributed by atoms with Crippen LogP contribution in [0.2, 0.25) is 0 Å². The van der Waals surface area contributed by atoms with E-state index in [0.29, 0.717) is 43.1 Å². The molecule has 1 aliphatic heterocycles. The quantitative estimate of drug-likeness (QED) is 0.760. The molecule has 2 amide bonds. The molecule has 1 saturated heterocycles. The molecule has 3 rings (SSSR count). The molecule has 3 heterocycles. The number of nitrogens with zero attached hydrogens (tertiary/aromatic N) is 6. The molecule has 0 saturated carbocycles. The highest BCUT2D eigenvalue weighted by molar-refractivity contribution is 5.92. The predicted octanol–water partition coefficient (Wildman–Crippen LogP) is 1.50. The largest absolute Gasteiger partial charge is 0.340 e. The Bertz CT molecular complexity index is 799. The van der Waals surface area contributed by atoms with Crippen LogP contribution in [0.25, 0.3) is 0 Å². The summed E-state index contributed by atoms with van der Waals surface area (Å²) in [6.07, 6.45) is 4.06. The number of carbonyl (C=O) groups excluding carboxylic acids is 2. The van der Waals surface area contributed by atoms with Crippen LogP contribution in [-0.2, 0) is 17.9 Å². The molecule has 1 atom stereocenters. The average molecular weight is 374 g/mol. The molecule has 2 aromatic heterocycles. The lowest BCUT2D eigenvalue weighted by atomic mass is 9.94. The lowest BCUT2D eigenvalue weighted by Crippen LogP contribution is -2.41. The Balaban J connectivity index is 1.55. The first-order valence-corrected chi connectivity index (χ1v) is 9.32. The van der Waals surface area contributed by atoms with Gasteiger partial charge in [0, 0.05) is 39.3 Å². The van der Waals surface area contributed by atoms with Gasteiger partial charge in [-0.1, -0.05) is 10.3 Å². The molecular weight excluding hydrogens is 348 g/mol. The van der Waals surface area contributed by atoms with E-state index in [0.717, 1.165) is 19.4 Å². The summed E-state index contributed by atoms with van der Waals surface area (Å²) in [4.78, 5) is 28.7. The van der Waals surface area contributed by atoms with Gasteiger partial charge in [0.05, 0.1) is 6.54 Å². The molecule has 9 heteroatoms. The van der Waals surface area contributed by atoms with Crippen molar-refractivity contribution >= 4 is 11.8 Å². The summed E-state index contributed by atoms with van der Waals surface area (Å²) in [5.74, 6) is 0.131. The smallest absolute Gasteiger partial charge is 0.274 e. The Morgan fingerprint density at radius 3 is 2.85 bits per heavy atom. The molecule has 0 bridgehead atoms. The highest BCUT2D eigenvalue weighted by Crippen LogP contribution is 2.22. The number of carbonyl (C=O) groups is 2. The molecule has 27 heavy (non-hydrogen) atoms. The lowest BCUT2D eigenvalue weighted by molar-refractivity contribution is -0.131. The van der Waals surface area contributed by atoms with Crippen molar-refractivity contribution < 1.29 is 14.2 Å². The number of piperidine rings is 1. The van der Waals surface area contributed by atoms with Crippen LogP contribution in [-0.4, -0.2) is 61.8 Å². The molecule has 146 valence electrons. The molecule has 9 nitrogen and oxygen atoms in total. The maximum atomic E-state index is 12.7. The van der Waals surface area contributed by atoms with E-state index in [-0.39, 0.29) is 17.7 Å². The first kappa shape index (κ1) is 19.1. The molecular formula is C18H26N6O3. The molecule has 0 radical (unpaired) electrons. The lowest BCUT2D eigenvalue weighted by Gasteiger charge is -2.32. The van der Waals surface area contributed by atoms with Gasteiger partial charge in [0.1, 0.15) is 17.1 Å². The van der Waals surface area contributed by atoms with Crippen LogP contribution in [0.5, 0.6) is 0 Å². The van der Waals surface area contributed by atoms with Gasteiger partial charge in [-0.05, 0) is 38.7 Å². The number of aryl methyl sites for hydroxylation is 2. The molecule has 0 unspecified atom stereocenters. The second kappa shape index (κ2) is 8.32. The van der Waals surface area contributed by atoms with Crippen LogP contribution >= 0.6 is 0 Å². The number of likely N-dealkylation sites (tertiary alicyclic amines) is 1. The summed E-state index contributed by atoms with van der Waals surface area (Å²) in [5, 5.41) is 11.9. The molecule has 0 aliphatic carbocycles. The van der Waals surface area contributed by atoms with E-state index in [4.69, 9.17) is 0 Å². The Hall–Kier alpha value is -2.71. The van der Waals surface area contributed by atoms with Gasteiger partial charge in [-0.2, -0.15) is 5.10 Å². The van der Waals surface area contributed by atoms with Gasteiger partial charge in [-0.3, -0.25) is 14.3 Å². The maximum Gasteiger partial charge on any atom is 0.274 e. The van der Waals surface area contributed by atoms with Crippen molar-refractivity contribution in [2.75, 3.05) is 20.1 Å². The summed E-state index contributed by atoms with van der Waals surface area (Å²) in [6.45, 7) is 6.19. The van der Waals surface area contributed by atoms with E-state index in [1.54, 1.807) is 29.6 Å². The number of rotatable bonds is 6. The molecule has 1 aliphatic rings. The average Bonchev–Trinajstić information content (AvgIpc) is 3.30. The van der Waals surface area contributed by atoms with E-state index < -0.39 is 0 Å². The van der Waals surface area contributed by atoms with Crippen LogP contribution < -0.4 is 0 Å². The fourth-order valence-electron chi connectivity index (χ4n) is 3.34. The molecule has 1 fully saturated rings. The number of hydrogen-bond donors (Lipinski definition) is 0. The summed E-state index contributed by atoms with van der Waals surface area (Å²) in [6, 6.07) is 1.75. The molecule has 2 aromatic rings. The Morgan fingerprint density at radius 1 is 1.37 bits per heavy atom. The van der Waals surface area contributed by atoms with Crippen molar-refractivity contribution in [1.82, 2.24) is 29.9 Å². The monoisotopic (exact) mass is 374 g/mol. The summed E-state index contributed by atoms with van der Waals surface area (Å²) >= 11 is 0. The minimum atomic E-state index is -0.0583. The van der Waals surface area contributed by atoms with Crippen molar-refractivity contribution in [2.45, 2.75) is 46.2 Å². The van der Waals surface area contributed by atoms with E-state index in [9.17, 15) is 9.59 Å². The second-order valence-corrected chi connectivity index (χ2v) is 7.07. The summed E-state index contributed by atoms with van der Waals surface area (Å²) in [7, 11) is 1.75. The van der Waals surface area contributed by atoms with Crippen molar-refractivity contribution in [2.24, 2.45) is 5.92 Å². The van der Waals surface area contributed by atoms with E-state index >= 15 is 0 Å². The van der Waals surface area contributed by atoms with Gasteiger partial charge in [-0.25, -0.2) is 4.63 Å². The Labute approximate surface area is 158 Å². The van der Waals surface area contributed by atoms with E-state index in [2.05, 4.69) is 20.0 Å². The number of hydrogen-bond acceptors (Lipinski definition) is 6. The predicted molar refractivity (Wildman–Crippen MR) is 96.7 cm³/mol. The van der Waals surface area contributed by atoms with Crippen molar-refractivity contribution in [3.63, 3.8) is 0 Å². The van der Waals surface area contributed by atoms with Gasteiger partial charge in [-0.15, -0.1) is 0 Å². The standard InChI is InChI=1S/C18H26N6O3/c1-4-24-9-7-15(19-24)18(26)23-8-5-6-14(11-23)10-17(25)22(3)12-16-13(2)20-27-21-16/h7,9,14H,4-6,8,10-12H2,1-3H3/t14-/m0/s1. The topological polar surface area (TPSA) is 97.4 Å². The first-order chi connectivity index (χ1) is 13.0. The normalized spacial score (nSPS) is 17.1. The zero-order valence-corrected chi connectivity index (χ0v) is 16.1. The van der Waals surface area contributed by atoms with Crippen molar-refractivity contribution in [1.29, 1.82) is 0 Å². The number of amides is 2. The third kappa shape index (κ3) is 4.53. The second-order valence-electron chi connectivity index (χ2n) is 7.07. The van der Waals surface area contributed by atoms with Crippen LogP contribution in [0.1, 0.15) is 48.1 Å². The third-order valence-corrected chi connectivity index (χ3v) is 5.01. The molecule has 0 spiro atoms. The fraction of sp³-hybridized carbons (Fsp3) is 0.611. The van der Waals surface area contributed by atoms with Gasteiger partial charge < -0.3 is 9.80 Å². The van der Waals surface area contributed by atoms with Gasteiger partial charge >= 0.3 is 0 Å². The summed E-state index contributed by atoms with van der Waals surface area (Å²) < 4.78 is 6.42. The number of aromatic nitrogens is 4. The molecule has 0 aromatic carbocycles. The minimum Gasteiger partial charge on any atom is -0.340 e. The van der Waals surface area contributed by atoms with Crippen molar-refractivity contribution in [3.8, 4) is 0 Å². The zero-order valence-electron chi connectivity index (χ0n) is 16.1. The van der Waals surface area contributed by atoms with Crippen LogP contribution in [0.4, 0.5) is 0 Å². The van der Waals surface area contributed by atoms with E-state index in [1.165, 1.54) is 0 Å². The van der Waals surface area contributed by atoms with Crippen molar-refractivity contribution in [3.05, 3.63) is 29.3 Å². The SMILES string of the molecule is CCn1ccc(C(=O)N2CCC[C@@H](CC(=O)N(C)Cc3nonc3C)C2)n1. The van der Waals surface area contributed by atoms with Gasteiger partial charge in [0.2, 0.25) is 5.91 Å². The zero-order chi connectivity index (χ0) is 19.4. The maximum absolute atomic E-state index is 12.7. The Morgan fingerprint density at radius 2 is 2.19 bits per heavy atom. The van der Waals surface area contributed by atoms with Gasteiger partial charge in [0.25, 0.3) is 5.91 Å². The van der Waals surface area contributed by atoms with Crippen LogP contribution in [0.3, 0.4) is 0 Å². The highest BCUT2D eigenvalue weighted by atomic mass is 16.6. The third-order valence-electron chi connectivity index (χ3n) is 5.01. The fourth-order valence-corrected chi connectivity index (χ4v) is 3.34. The van der Waals surface area contributed by atoms with Crippen LogP contribution in [0, 0.1) is 12.8 Å². The first-order valence-electron chi connectivity index (χ1n) is 9.32. The highest BCUT2D eigenvalue weighted by Gasteiger charge is 2.28. The molecule has 0 N–H and O–H groups in total.